The zero-order valence-electron chi connectivity index (χ0n) is 10.1. The van der Waals surface area contributed by atoms with Crippen molar-refractivity contribution < 1.29 is 23.5 Å². The normalized spacial score (nSPS) is 14.1. The maximum Gasteiger partial charge on any atom is 0.406 e. The smallest absolute Gasteiger partial charge is 0.406 e. The van der Waals surface area contributed by atoms with E-state index in [0.29, 0.717) is 0 Å². The largest absolute Gasteiger partial charge is 0.480 e. The predicted molar refractivity (Wildman–Crippen MR) is 60.3 cm³/mol. The summed E-state index contributed by atoms with van der Waals surface area (Å²) in [6, 6.07) is -0.955. The van der Waals surface area contributed by atoms with Gasteiger partial charge in [0.25, 0.3) is 0 Å². The van der Waals surface area contributed by atoms with Crippen LogP contribution in [0.25, 0.3) is 0 Å². The first kappa shape index (κ1) is 15.6. The fourth-order valence-corrected chi connectivity index (χ4v) is 2.76. The average molecular weight is 253 g/mol. The summed E-state index contributed by atoms with van der Waals surface area (Å²) in [5.74, 6) is -1.29. The molecule has 2 N–H and O–H groups in total. The van der Waals surface area contributed by atoms with Crippen molar-refractivity contribution in [1.29, 1.82) is 0 Å². The van der Waals surface area contributed by atoms with Crippen LogP contribution in [0.2, 0.25) is 0 Å². The van der Waals surface area contributed by atoms with Gasteiger partial charge < -0.3 is 5.11 Å². The van der Waals surface area contributed by atoms with Gasteiger partial charge in [-0.1, -0.05) is 13.8 Å². The number of carbonyl (C=O) groups is 1. The Morgan fingerprint density at radius 1 is 1.31 bits per heavy atom. The Bertz CT molecular complexity index is 259. The van der Waals surface area contributed by atoms with Crippen LogP contribution in [0.15, 0.2) is 0 Å². The van der Waals surface area contributed by atoms with E-state index in [2.05, 4.69) is 5.09 Å². The van der Waals surface area contributed by atoms with Gasteiger partial charge in [-0.2, -0.15) is 0 Å². The third kappa shape index (κ3) is 5.07. The quantitative estimate of drug-likeness (QED) is 0.642. The second-order valence-corrected chi connectivity index (χ2v) is 5.29. The van der Waals surface area contributed by atoms with Crippen LogP contribution in [-0.2, 0) is 18.4 Å². The molecular weight excluding hydrogens is 233 g/mol. The number of aliphatic carboxylic acids is 1. The summed E-state index contributed by atoms with van der Waals surface area (Å²) in [7, 11) is -3.51. The highest BCUT2D eigenvalue weighted by atomic mass is 31.2. The molecule has 96 valence electrons. The van der Waals surface area contributed by atoms with Gasteiger partial charge in [0, 0.05) is 0 Å². The third-order valence-corrected chi connectivity index (χ3v) is 3.62. The van der Waals surface area contributed by atoms with E-state index in [-0.39, 0.29) is 19.1 Å². The molecule has 0 amide bonds. The zero-order chi connectivity index (χ0) is 12.8. The molecule has 0 aromatic heterocycles. The van der Waals surface area contributed by atoms with Crippen molar-refractivity contribution in [2.75, 3.05) is 13.2 Å². The van der Waals surface area contributed by atoms with E-state index in [1.807, 2.05) is 0 Å². The lowest BCUT2D eigenvalue weighted by atomic mass is 10.1. The van der Waals surface area contributed by atoms with E-state index in [1.165, 1.54) is 0 Å². The van der Waals surface area contributed by atoms with Crippen molar-refractivity contribution in [3.05, 3.63) is 0 Å². The fourth-order valence-electron chi connectivity index (χ4n) is 1.11. The second-order valence-electron chi connectivity index (χ2n) is 3.52. The molecule has 0 saturated carbocycles. The van der Waals surface area contributed by atoms with Gasteiger partial charge in [-0.05, 0) is 19.8 Å². The molecule has 0 radical (unpaired) electrons. The Hall–Kier alpha value is -0.420. The molecular formula is C9H20NO5P. The van der Waals surface area contributed by atoms with Crippen LogP contribution in [0.5, 0.6) is 0 Å². The minimum Gasteiger partial charge on any atom is -0.480 e. The molecule has 0 aliphatic carbocycles. The molecule has 0 rings (SSSR count). The molecule has 0 spiro atoms. The highest BCUT2D eigenvalue weighted by Gasteiger charge is 2.33. The van der Waals surface area contributed by atoms with Crippen molar-refractivity contribution >= 4 is 13.7 Å². The van der Waals surface area contributed by atoms with Crippen LogP contribution < -0.4 is 5.09 Å². The Morgan fingerprint density at radius 3 is 2.00 bits per heavy atom. The Labute approximate surface area is 95.9 Å². The number of hydrogen-bond acceptors (Lipinski definition) is 4. The highest BCUT2D eigenvalue weighted by molar-refractivity contribution is 7.51. The topological polar surface area (TPSA) is 84.9 Å². The molecule has 0 heterocycles. The summed E-state index contributed by atoms with van der Waals surface area (Å²) in [6.07, 6.45) is 0. The van der Waals surface area contributed by atoms with Gasteiger partial charge in [0.1, 0.15) is 6.04 Å². The minimum atomic E-state index is -3.51. The zero-order valence-corrected chi connectivity index (χ0v) is 11.0. The SMILES string of the molecule is CCOP(=O)(N[C@@H](C(=O)O)C(C)C)OCC. The summed E-state index contributed by atoms with van der Waals surface area (Å²) in [5.41, 5.74) is 0. The molecule has 0 aliphatic heterocycles. The average Bonchev–Trinajstić information content (AvgIpc) is 2.14. The van der Waals surface area contributed by atoms with Crippen molar-refractivity contribution in [3.63, 3.8) is 0 Å². The molecule has 6 nitrogen and oxygen atoms in total. The van der Waals surface area contributed by atoms with Crippen molar-refractivity contribution in [3.8, 4) is 0 Å². The maximum atomic E-state index is 12.0. The molecule has 0 fully saturated rings. The fraction of sp³-hybridized carbons (Fsp3) is 0.889. The Balaban J connectivity index is 4.70. The van der Waals surface area contributed by atoms with Crippen LogP contribution in [-0.4, -0.2) is 30.3 Å². The standard InChI is InChI=1S/C9H20NO5P/c1-5-14-16(13,15-6-2)10-8(7(3)4)9(11)12/h7-8H,5-6H2,1-4H3,(H,10,13)(H,11,12)/t8-/m1/s1. The summed E-state index contributed by atoms with van der Waals surface area (Å²) in [5, 5.41) is 11.4. The van der Waals surface area contributed by atoms with Crippen molar-refractivity contribution in [2.45, 2.75) is 33.7 Å². The van der Waals surface area contributed by atoms with Gasteiger partial charge in [-0.25, -0.2) is 9.65 Å². The van der Waals surface area contributed by atoms with Crippen LogP contribution in [0.3, 0.4) is 0 Å². The monoisotopic (exact) mass is 253 g/mol. The molecule has 0 bridgehead atoms. The van der Waals surface area contributed by atoms with E-state index >= 15 is 0 Å². The van der Waals surface area contributed by atoms with Crippen LogP contribution in [0.4, 0.5) is 0 Å². The number of carboxylic acid groups (broad SMARTS) is 1. The second kappa shape index (κ2) is 7.01. The third-order valence-electron chi connectivity index (χ3n) is 1.83. The van der Waals surface area contributed by atoms with Gasteiger partial charge in [-0.3, -0.25) is 13.8 Å². The molecule has 0 saturated heterocycles. The summed E-state index contributed by atoms with van der Waals surface area (Å²) in [4.78, 5) is 10.9. The van der Waals surface area contributed by atoms with E-state index in [0.717, 1.165) is 0 Å². The predicted octanol–water partition coefficient (Wildman–Crippen LogP) is 1.87. The lowest BCUT2D eigenvalue weighted by Gasteiger charge is -2.24. The lowest BCUT2D eigenvalue weighted by Crippen LogP contribution is -2.39. The lowest BCUT2D eigenvalue weighted by molar-refractivity contribution is -0.140. The first-order valence-corrected chi connectivity index (χ1v) is 6.80. The van der Waals surface area contributed by atoms with E-state index in [4.69, 9.17) is 14.2 Å². The van der Waals surface area contributed by atoms with E-state index in [1.54, 1.807) is 27.7 Å². The minimum absolute atomic E-state index is 0.189. The van der Waals surface area contributed by atoms with Gasteiger partial charge in [-0.15, -0.1) is 0 Å². The summed E-state index contributed by atoms with van der Waals surface area (Å²) < 4.78 is 21.9. The van der Waals surface area contributed by atoms with E-state index in [9.17, 15) is 9.36 Å². The number of hydrogen-bond donors (Lipinski definition) is 2. The molecule has 0 aliphatic rings. The number of nitrogens with one attached hydrogen (secondary N) is 1. The van der Waals surface area contributed by atoms with Crippen molar-refractivity contribution in [2.24, 2.45) is 5.92 Å². The maximum absolute atomic E-state index is 12.0. The molecule has 7 heteroatoms. The van der Waals surface area contributed by atoms with Gasteiger partial charge in [0.05, 0.1) is 13.2 Å². The summed E-state index contributed by atoms with van der Waals surface area (Å²) in [6.45, 7) is 7.14. The molecule has 0 unspecified atom stereocenters. The van der Waals surface area contributed by atoms with E-state index < -0.39 is 19.8 Å². The van der Waals surface area contributed by atoms with Gasteiger partial charge >= 0.3 is 13.7 Å². The molecule has 0 aromatic rings. The van der Waals surface area contributed by atoms with Crippen LogP contribution >= 0.6 is 7.75 Å². The Morgan fingerprint density at radius 2 is 1.75 bits per heavy atom. The molecule has 1 atom stereocenters. The highest BCUT2D eigenvalue weighted by Crippen LogP contribution is 2.44. The molecule has 0 aromatic carbocycles. The van der Waals surface area contributed by atoms with Crippen LogP contribution in [0, 0.1) is 5.92 Å². The number of rotatable bonds is 8. The van der Waals surface area contributed by atoms with Gasteiger partial charge in [0.15, 0.2) is 0 Å². The molecule has 16 heavy (non-hydrogen) atoms. The van der Waals surface area contributed by atoms with Gasteiger partial charge in [0.2, 0.25) is 0 Å². The first-order chi connectivity index (χ1) is 7.36. The summed E-state index contributed by atoms with van der Waals surface area (Å²) >= 11 is 0. The van der Waals surface area contributed by atoms with Crippen molar-refractivity contribution in [1.82, 2.24) is 5.09 Å². The number of carboxylic acids is 1. The Kier molecular flexibility index (Phi) is 6.83. The van der Waals surface area contributed by atoms with Crippen LogP contribution in [0.1, 0.15) is 27.7 Å². The first-order valence-electron chi connectivity index (χ1n) is 5.26.